The van der Waals surface area contributed by atoms with E-state index in [0.717, 1.165) is 16.7 Å². The van der Waals surface area contributed by atoms with Gasteiger partial charge in [0.25, 0.3) is 0 Å². The van der Waals surface area contributed by atoms with Gasteiger partial charge in [-0.2, -0.15) is 0 Å². The van der Waals surface area contributed by atoms with E-state index in [-0.39, 0.29) is 0 Å². The first-order valence-corrected chi connectivity index (χ1v) is 4.81. The highest BCUT2D eigenvalue weighted by molar-refractivity contribution is 6.29. The Morgan fingerprint density at radius 1 is 1.36 bits per heavy atom. The molecule has 0 fully saturated rings. The number of alkyl halides is 1. The third kappa shape index (κ3) is 2.07. The molecule has 14 heavy (non-hydrogen) atoms. The summed E-state index contributed by atoms with van der Waals surface area (Å²) in [6, 6.07) is 3.85. The summed E-state index contributed by atoms with van der Waals surface area (Å²) in [5.74, 6) is -1.00. The fraction of sp³-hybridized carbons (Fsp3) is 0.364. The van der Waals surface area contributed by atoms with E-state index < -0.39 is 11.3 Å². The Kier molecular flexibility index (Phi) is 3.17. The Labute approximate surface area is 88.5 Å². The zero-order chi connectivity index (χ0) is 10.9. The van der Waals surface area contributed by atoms with Crippen molar-refractivity contribution in [2.45, 2.75) is 26.1 Å². The Hall–Kier alpha value is -1.02. The van der Waals surface area contributed by atoms with Crippen molar-refractivity contribution < 1.29 is 9.90 Å². The van der Waals surface area contributed by atoms with Crippen molar-refractivity contribution >= 4 is 17.6 Å². The molecule has 1 rings (SSSR count). The van der Waals surface area contributed by atoms with Gasteiger partial charge in [0, 0.05) is 0 Å². The van der Waals surface area contributed by atoms with Crippen molar-refractivity contribution in [3.8, 4) is 0 Å². The number of aryl methyl sites for hydroxylation is 2. The third-order valence-electron chi connectivity index (χ3n) is 2.34. The molecule has 0 heterocycles. The van der Waals surface area contributed by atoms with Gasteiger partial charge in [-0.3, -0.25) is 4.79 Å². The fourth-order valence-electron chi connectivity index (χ4n) is 1.47. The lowest BCUT2D eigenvalue weighted by atomic mass is 9.98. The average molecular weight is 213 g/mol. The third-order valence-corrected chi connectivity index (χ3v) is 2.76. The Balaban J connectivity index is 3.26. The highest BCUT2D eigenvalue weighted by Crippen LogP contribution is 2.27. The number of carboxylic acid groups (broad SMARTS) is 1. The van der Waals surface area contributed by atoms with Crippen LogP contribution in [0.3, 0.4) is 0 Å². The maximum Gasteiger partial charge on any atom is 0.326 e. The number of hydrogen-bond donors (Lipinski definition) is 1. The summed E-state index contributed by atoms with van der Waals surface area (Å²) in [6.45, 7) is 5.78. The standard InChI is InChI=1S/C11H13ClO2/c1-6-4-7(2)8(3)9(5-6)10(12)11(13)14/h4-5,10H,1-3H3,(H,13,14). The van der Waals surface area contributed by atoms with Gasteiger partial charge >= 0.3 is 5.97 Å². The first kappa shape index (κ1) is 11.1. The number of hydrogen-bond acceptors (Lipinski definition) is 1. The number of carbonyl (C=O) groups is 1. The quantitative estimate of drug-likeness (QED) is 0.766. The van der Waals surface area contributed by atoms with Crippen LogP contribution in [0.2, 0.25) is 0 Å². The van der Waals surface area contributed by atoms with Crippen LogP contribution in [0.5, 0.6) is 0 Å². The summed E-state index contributed by atoms with van der Waals surface area (Å²) in [5.41, 5.74) is 3.76. The second-order valence-electron chi connectivity index (χ2n) is 3.50. The molecule has 2 nitrogen and oxygen atoms in total. The van der Waals surface area contributed by atoms with E-state index in [1.54, 1.807) is 0 Å². The Morgan fingerprint density at radius 3 is 2.43 bits per heavy atom. The molecule has 1 aromatic rings. The van der Waals surface area contributed by atoms with E-state index in [4.69, 9.17) is 16.7 Å². The number of aliphatic carboxylic acids is 1. The molecule has 0 aliphatic heterocycles. The van der Waals surface area contributed by atoms with Crippen molar-refractivity contribution in [1.29, 1.82) is 0 Å². The molecule has 1 N–H and O–H groups in total. The summed E-state index contributed by atoms with van der Waals surface area (Å²) in [5, 5.41) is 7.86. The lowest BCUT2D eigenvalue weighted by Crippen LogP contribution is -2.07. The molecule has 0 saturated heterocycles. The van der Waals surface area contributed by atoms with Crippen LogP contribution < -0.4 is 0 Å². The fourth-order valence-corrected chi connectivity index (χ4v) is 1.70. The summed E-state index contributed by atoms with van der Waals surface area (Å²) >= 11 is 5.79. The van der Waals surface area contributed by atoms with E-state index in [0.29, 0.717) is 5.56 Å². The van der Waals surface area contributed by atoms with Crippen molar-refractivity contribution in [2.75, 3.05) is 0 Å². The van der Waals surface area contributed by atoms with Crippen molar-refractivity contribution in [3.05, 3.63) is 34.4 Å². The van der Waals surface area contributed by atoms with Crippen LogP contribution in [0.1, 0.15) is 27.6 Å². The SMILES string of the molecule is Cc1cc(C)c(C)c(C(Cl)C(=O)O)c1. The van der Waals surface area contributed by atoms with Crippen LogP contribution in [0.4, 0.5) is 0 Å². The molecular formula is C11H13ClO2. The van der Waals surface area contributed by atoms with E-state index in [9.17, 15) is 4.79 Å². The largest absolute Gasteiger partial charge is 0.480 e. The molecule has 0 aliphatic carbocycles. The molecule has 1 atom stereocenters. The van der Waals surface area contributed by atoms with Gasteiger partial charge < -0.3 is 5.11 Å². The predicted octanol–water partition coefficient (Wildman–Crippen LogP) is 2.98. The number of benzene rings is 1. The van der Waals surface area contributed by atoms with Gasteiger partial charge in [0.05, 0.1) is 0 Å². The summed E-state index contributed by atoms with van der Waals surface area (Å²) < 4.78 is 0. The highest BCUT2D eigenvalue weighted by atomic mass is 35.5. The van der Waals surface area contributed by atoms with Crippen LogP contribution in [0.15, 0.2) is 12.1 Å². The van der Waals surface area contributed by atoms with Gasteiger partial charge in [0.2, 0.25) is 0 Å². The Bertz CT molecular complexity index is 372. The van der Waals surface area contributed by atoms with E-state index in [1.807, 2.05) is 32.9 Å². The molecule has 0 aliphatic rings. The number of halogens is 1. The summed E-state index contributed by atoms with van der Waals surface area (Å²) in [7, 11) is 0. The molecule has 0 spiro atoms. The lowest BCUT2D eigenvalue weighted by Gasteiger charge is -2.12. The summed E-state index contributed by atoms with van der Waals surface area (Å²) in [6.07, 6.45) is 0. The van der Waals surface area contributed by atoms with E-state index in [1.165, 1.54) is 0 Å². The van der Waals surface area contributed by atoms with E-state index in [2.05, 4.69) is 0 Å². The van der Waals surface area contributed by atoms with E-state index >= 15 is 0 Å². The van der Waals surface area contributed by atoms with Gasteiger partial charge in [-0.1, -0.05) is 17.7 Å². The minimum atomic E-state index is -1.00. The number of rotatable bonds is 2. The predicted molar refractivity (Wildman–Crippen MR) is 56.9 cm³/mol. The second-order valence-corrected chi connectivity index (χ2v) is 3.93. The smallest absolute Gasteiger partial charge is 0.326 e. The molecule has 1 unspecified atom stereocenters. The monoisotopic (exact) mass is 212 g/mol. The molecule has 76 valence electrons. The highest BCUT2D eigenvalue weighted by Gasteiger charge is 2.19. The molecule has 0 bridgehead atoms. The Morgan fingerprint density at radius 2 is 1.93 bits per heavy atom. The topological polar surface area (TPSA) is 37.3 Å². The molecule has 0 amide bonds. The maximum absolute atomic E-state index is 10.7. The maximum atomic E-state index is 10.7. The zero-order valence-corrected chi connectivity index (χ0v) is 9.22. The van der Waals surface area contributed by atoms with Crippen molar-refractivity contribution in [3.63, 3.8) is 0 Å². The van der Waals surface area contributed by atoms with Gasteiger partial charge in [0.1, 0.15) is 0 Å². The molecule has 1 aromatic carbocycles. The first-order chi connectivity index (χ1) is 6.43. The number of carboxylic acids is 1. The second kappa shape index (κ2) is 4.01. The van der Waals surface area contributed by atoms with Crippen molar-refractivity contribution in [1.82, 2.24) is 0 Å². The van der Waals surface area contributed by atoms with Crippen LogP contribution >= 0.6 is 11.6 Å². The van der Waals surface area contributed by atoms with Crippen LogP contribution in [0.25, 0.3) is 0 Å². The molecule has 3 heteroatoms. The molecule has 0 aromatic heterocycles. The molecule has 0 radical (unpaired) electrons. The van der Waals surface area contributed by atoms with Gasteiger partial charge in [-0.05, 0) is 37.5 Å². The average Bonchev–Trinajstić information content (AvgIpc) is 2.09. The van der Waals surface area contributed by atoms with Gasteiger partial charge in [-0.25, -0.2) is 0 Å². The minimum Gasteiger partial charge on any atom is -0.480 e. The van der Waals surface area contributed by atoms with Crippen LogP contribution in [0, 0.1) is 20.8 Å². The molecule has 0 saturated carbocycles. The van der Waals surface area contributed by atoms with Crippen molar-refractivity contribution in [2.24, 2.45) is 0 Å². The normalized spacial score (nSPS) is 12.6. The molecular weight excluding hydrogens is 200 g/mol. The zero-order valence-electron chi connectivity index (χ0n) is 8.47. The summed E-state index contributed by atoms with van der Waals surface area (Å²) in [4.78, 5) is 10.7. The lowest BCUT2D eigenvalue weighted by molar-refractivity contribution is -0.136. The van der Waals surface area contributed by atoms with Crippen LogP contribution in [-0.4, -0.2) is 11.1 Å². The van der Waals surface area contributed by atoms with Crippen LogP contribution in [-0.2, 0) is 4.79 Å². The van der Waals surface area contributed by atoms with Gasteiger partial charge in [-0.15, -0.1) is 11.6 Å². The minimum absolute atomic E-state index is 0.691. The van der Waals surface area contributed by atoms with Gasteiger partial charge in [0.15, 0.2) is 5.38 Å². The first-order valence-electron chi connectivity index (χ1n) is 4.38.